The number of piperazine rings is 1. The van der Waals surface area contributed by atoms with Gasteiger partial charge in [-0.3, -0.25) is 4.90 Å². The third-order valence-electron chi connectivity index (χ3n) is 3.07. The molecule has 0 aromatic heterocycles. The summed E-state index contributed by atoms with van der Waals surface area (Å²) in [4.78, 5) is 1.70. The smallest absolute Gasteiger partial charge is 0.258 e. The van der Waals surface area contributed by atoms with Crippen LogP contribution in [0.4, 0.5) is 13.2 Å². The molecule has 1 N–H and O–H groups in total. The molecule has 2 nitrogen and oxygen atoms in total. The van der Waals surface area contributed by atoms with Crippen LogP contribution in [0.3, 0.4) is 0 Å². The highest BCUT2D eigenvalue weighted by molar-refractivity contribution is 9.10. The normalized spacial score (nSPS) is 19.2. The van der Waals surface area contributed by atoms with E-state index in [0.29, 0.717) is 36.2 Å². The summed E-state index contributed by atoms with van der Waals surface area (Å²) < 4.78 is 40.1. The molecule has 0 saturated carbocycles. The highest BCUT2D eigenvalue weighted by atomic mass is 79.9. The van der Waals surface area contributed by atoms with Gasteiger partial charge in [-0.1, -0.05) is 6.07 Å². The molecule has 1 atom stereocenters. The Morgan fingerprint density at radius 3 is 2.44 bits per heavy atom. The van der Waals surface area contributed by atoms with E-state index in [1.54, 1.807) is 11.0 Å². The lowest BCUT2D eigenvalue weighted by Gasteiger charge is -2.34. The fourth-order valence-electron chi connectivity index (χ4n) is 2.17. The molecule has 0 unspecified atom stereocenters. The number of rotatable bonds is 3. The fourth-order valence-corrected chi connectivity index (χ4v) is 2.42. The van der Waals surface area contributed by atoms with Crippen LogP contribution in [-0.2, 0) is 0 Å². The minimum atomic E-state index is -2.52. The summed E-state index contributed by atoms with van der Waals surface area (Å²) in [6.07, 6.45) is -2.52. The first-order chi connectivity index (χ1) is 8.59. The van der Waals surface area contributed by atoms with Gasteiger partial charge in [0, 0.05) is 26.2 Å². The topological polar surface area (TPSA) is 15.3 Å². The van der Waals surface area contributed by atoms with Crippen molar-refractivity contribution in [2.75, 3.05) is 26.2 Å². The lowest BCUT2D eigenvalue weighted by Crippen LogP contribution is -2.46. The number of benzene rings is 1. The number of nitrogens with one attached hydrogen (secondary N) is 1. The SMILES string of the molecule is Fc1cc([C@@H](C(F)F)N2CCNCC2)ccc1Br. The Labute approximate surface area is 112 Å². The highest BCUT2D eigenvalue weighted by Gasteiger charge is 2.30. The maximum atomic E-state index is 13.4. The van der Waals surface area contributed by atoms with E-state index in [1.165, 1.54) is 12.1 Å². The van der Waals surface area contributed by atoms with Gasteiger partial charge in [-0.2, -0.15) is 0 Å². The maximum absolute atomic E-state index is 13.4. The quantitative estimate of drug-likeness (QED) is 0.920. The van der Waals surface area contributed by atoms with Gasteiger partial charge in [0.2, 0.25) is 0 Å². The van der Waals surface area contributed by atoms with E-state index in [4.69, 9.17) is 0 Å². The number of nitrogens with zero attached hydrogens (tertiary/aromatic N) is 1. The predicted molar refractivity (Wildman–Crippen MR) is 67.3 cm³/mol. The van der Waals surface area contributed by atoms with Gasteiger partial charge in [-0.15, -0.1) is 0 Å². The molecule has 0 aliphatic carbocycles. The summed E-state index contributed by atoms with van der Waals surface area (Å²) in [5.41, 5.74) is 0.326. The average molecular weight is 323 g/mol. The minimum Gasteiger partial charge on any atom is -0.314 e. The standard InChI is InChI=1S/C12H14BrF3N2/c13-9-2-1-8(7-10(9)14)11(12(15)16)18-5-3-17-4-6-18/h1-2,7,11-12,17H,3-6H2/t11-/m0/s1. The van der Waals surface area contributed by atoms with Crippen molar-refractivity contribution in [2.45, 2.75) is 12.5 Å². The zero-order valence-electron chi connectivity index (χ0n) is 9.67. The third-order valence-corrected chi connectivity index (χ3v) is 3.71. The number of hydrogen-bond donors (Lipinski definition) is 1. The molecule has 18 heavy (non-hydrogen) atoms. The Morgan fingerprint density at radius 2 is 1.89 bits per heavy atom. The molecule has 0 radical (unpaired) electrons. The summed E-state index contributed by atoms with van der Waals surface area (Å²) in [6, 6.07) is 3.17. The Bertz CT molecular complexity index is 408. The maximum Gasteiger partial charge on any atom is 0.258 e. The number of alkyl halides is 2. The van der Waals surface area contributed by atoms with Crippen LogP contribution in [0.2, 0.25) is 0 Å². The van der Waals surface area contributed by atoms with Gasteiger partial charge in [0.1, 0.15) is 5.82 Å². The fraction of sp³-hybridized carbons (Fsp3) is 0.500. The van der Waals surface area contributed by atoms with Gasteiger partial charge in [-0.05, 0) is 33.6 Å². The molecule has 6 heteroatoms. The van der Waals surface area contributed by atoms with Crippen LogP contribution in [0.25, 0.3) is 0 Å². The lowest BCUT2D eigenvalue weighted by molar-refractivity contribution is 0.0180. The molecule has 0 bridgehead atoms. The average Bonchev–Trinajstić information content (AvgIpc) is 2.35. The van der Waals surface area contributed by atoms with E-state index >= 15 is 0 Å². The van der Waals surface area contributed by atoms with Gasteiger partial charge in [0.25, 0.3) is 6.43 Å². The van der Waals surface area contributed by atoms with Crippen LogP contribution in [-0.4, -0.2) is 37.5 Å². The van der Waals surface area contributed by atoms with E-state index in [1.807, 2.05) is 0 Å². The van der Waals surface area contributed by atoms with Crippen molar-refractivity contribution in [1.29, 1.82) is 0 Å². The van der Waals surface area contributed by atoms with Gasteiger partial charge < -0.3 is 5.32 Å². The predicted octanol–water partition coefficient (Wildman–Crippen LogP) is 2.80. The summed E-state index contributed by atoms with van der Waals surface area (Å²) >= 11 is 3.03. The molecule has 1 fully saturated rings. The van der Waals surface area contributed by atoms with E-state index in [9.17, 15) is 13.2 Å². The molecular weight excluding hydrogens is 309 g/mol. The summed E-state index contributed by atoms with van der Waals surface area (Å²) in [5.74, 6) is -0.506. The summed E-state index contributed by atoms with van der Waals surface area (Å²) in [7, 11) is 0. The zero-order valence-corrected chi connectivity index (χ0v) is 11.3. The zero-order chi connectivity index (χ0) is 13.1. The molecule has 1 heterocycles. The monoisotopic (exact) mass is 322 g/mol. The molecule has 0 spiro atoms. The van der Waals surface area contributed by atoms with Crippen LogP contribution in [0.1, 0.15) is 11.6 Å². The second kappa shape index (κ2) is 6.04. The van der Waals surface area contributed by atoms with Crippen molar-refractivity contribution in [3.63, 3.8) is 0 Å². The highest BCUT2D eigenvalue weighted by Crippen LogP contribution is 2.30. The van der Waals surface area contributed by atoms with E-state index in [0.717, 1.165) is 0 Å². The molecule has 1 saturated heterocycles. The summed E-state index contributed by atoms with van der Waals surface area (Å²) in [6.45, 7) is 2.46. The van der Waals surface area contributed by atoms with Crippen LogP contribution < -0.4 is 5.32 Å². The first kappa shape index (κ1) is 13.8. The molecule has 2 rings (SSSR count). The second-order valence-electron chi connectivity index (χ2n) is 4.24. The second-order valence-corrected chi connectivity index (χ2v) is 5.09. The molecule has 1 aromatic carbocycles. The Hall–Kier alpha value is -0.590. The van der Waals surface area contributed by atoms with Crippen LogP contribution >= 0.6 is 15.9 Å². The van der Waals surface area contributed by atoms with Crippen molar-refractivity contribution < 1.29 is 13.2 Å². The van der Waals surface area contributed by atoms with E-state index in [-0.39, 0.29) is 0 Å². The number of hydrogen-bond acceptors (Lipinski definition) is 2. The van der Waals surface area contributed by atoms with Crippen LogP contribution in [0.15, 0.2) is 22.7 Å². The van der Waals surface area contributed by atoms with Gasteiger partial charge in [0.05, 0.1) is 10.5 Å². The van der Waals surface area contributed by atoms with Crippen molar-refractivity contribution in [3.05, 3.63) is 34.1 Å². The third kappa shape index (κ3) is 3.05. The Morgan fingerprint density at radius 1 is 1.22 bits per heavy atom. The van der Waals surface area contributed by atoms with Crippen molar-refractivity contribution in [1.82, 2.24) is 10.2 Å². The van der Waals surface area contributed by atoms with E-state index in [2.05, 4.69) is 21.2 Å². The Kier molecular flexibility index (Phi) is 4.64. The van der Waals surface area contributed by atoms with Crippen molar-refractivity contribution >= 4 is 15.9 Å². The number of halogens is 4. The largest absolute Gasteiger partial charge is 0.314 e. The summed E-state index contributed by atoms with van der Waals surface area (Å²) in [5, 5.41) is 3.11. The van der Waals surface area contributed by atoms with E-state index < -0.39 is 18.3 Å². The Balaban J connectivity index is 2.25. The van der Waals surface area contributed by atoms with Crippen LogP contribution in [0, 0.1) is 5.82 Å². The molecule has 1 aromatic rings. The van der Waals surface area contributed by atoms with Crippen molar-refractivity contribution in [3.8, 4) is 0 Å². The van der Waals surface area contributed by atoms with Gasteiger partial charge >= 0.3 is 0 Å². The molecular formula is C12H14BrF3N2. The first-order valence-corrected chi connectivity index (χ1v) is 6.57. The minimum absolute atomic E-state index is 0.291. The molecule has 0 amide bonds. The first-order valence-electron chi connectivity index (χ1n) is 5.77. The molecule has 1 aliphatic rings. The van der Waals surface area contributed by atoms with Crippen LogP contribution in [0.5, 0.6) is 0 Å². The van der Waals surface area contributed by atoms with Gasteiger partial charge in [-0.25, -0.2) is 13.2 Å². The van der Waals surface area contributed by atoms with Gasteiger partial charge in [0.15, 0.2) is 0 Å². The lowest BCUT2D eigenvalue weighted by atomic mass is 10.0. The molecule has 1 aliphatic heterocycles. The molecule has 100 valence electrons. The van der Waals surface area contributed by atoms with Crippen molar-refractivity contribution in [2.24, 2.45) is 0 Å².